The Morgan fingerprint density at radius 3 is 2.74 bits per heavy atom. The lowest BCUT2D eigenvalue weighted by Crippen LogP contribution is -2.49. The van der Waals surface area contributed by atoms with Gasteiger partial charge in [-0.25, -0.2) is 0 Å². The van der Waals surface area contributed by atoms with Crippen LogP contribution in [0, 0.1) is 0 Å². The molecule has 3 aliphatic heterocycles. The second-order valence-corrected chi connectivity index (χ2v) is 8.75. The van der Waals surface area contributed by atoms with Crippen molar-refractivity contribution in [3.05, 3.63) is 77.0 Å². The summed E-state index contributed by atoms with van der Waals surface area (Å²) in [6, 6.07) is 10.6. The van der Waals surface area contributed by atoms with Crippen molar-refractivity contribution < 1.29 is 25.2 Å². The fourth-order valence-electron chi connectivity index (χ4n) is 4.54. The summed E-state index contributed by atoms with van der Waals surface area (Å²) in [6.07, 6.45) is 1.15. The summed E-state index contributed by atoms with van der Waals surface area (Å²) in [7, 11) is 0. The highest BCUT2D eigenvalue weighted by Gasteiger charge is 2.39. The highest BCUT2D eigenvalue weighted by Crippen LogP contribution is 2.34. The smallest absolute Gasteiger partial charge is 0.255 e. The molecule has 3 amide bonds. The van der Waals surface area contributed by atoms with Crippen LogP contribution in [0.2, 0.25) is 0 Å². The zero-order valence-corrected chi connectivity index (χ0v) is 18.8. The Kier molecular flexibility index (Phi) is 5.73. The third kappa shape index (κ3) is 4.41. The third-order valence-electron chi connectivity index (χ3n) is 6.45. The lowest BCUT2D eigenvalue weighted by atomic mass is 10.0. The van der Waals surface area contributed by atoms with Crippen LogP contribution in [0.4, 0.5) is 0 Å². The molecule has 2 saturated heterocycles. The van der Waals surface area contributed by atoms with Crippen molar-refractivity contribution >= 4 is 17.7 Å². The first kappa shape index (κ1) is 20.9. The van der Waals surface area contributed by atoms with E-state index in [4.69, 9.17) is 10.8 Å². The number of hydrogen-bond donors (Lipinski definition) is 1. The molecule has 3 heterocycles. The Bertz CT molecular complexity index is 1200. The molecule has 34 heavy (non-hydrogen) atoms. The first-order chi connectivity index (χ1) is 16.9. The predicted molar refractivity (Wildman–Crippen MR) is 124 cm³/mol. The maximum atomic E-state index is 13.1. The first-order valence-corrected chi connectivity index (χ1v) is 11.4. The second kappa shape index (κ2) is 9.30. The number of rotatable bonds is 6. The second-order valence-electron chi connectivity index (χ2n) is 8.75. The van der Waals surface area contributed by atoms with Gasteiger partial charge in [-0.05, 0) is 36.1 Å². The van der Waals surface area contributed by atoms with E-state index in [1.165, 1.54) is 0 Å². The van der Waals surface area contributed by atoms with Crippen LogP contribution in [0.5, 0.6) is 5.75 Å². The van der Waals surface area contributed by atoms with Crippen LogP contribution in [0.25, 0.3) is 0 Å². The molecular weight excluding hydrogens is 434 g/mol. The minimum absolute atomic E-state index is 0.0104. The number of carbonyl (C=O) groups excluding carboxylic acids is 3. The molecule has 0 saturated carbocycles. The summed E-state index contributed by atoms with van der Waals surface area (Å²) in [4.78, 5) is 40.8. The molecule has 0 aromatic heterocycles. The molecule has 0 spiro atoms. The first-order valence-electron chi connectivity index (χ1n) is 11.9. The number of allylic oxidation sites excluding steroid dienone is 1. The summed E-state index contributed by atoms with van der Waals surface area (Å²) in [5, 5.41) is 2.74. The molecule has 2 aromatic carbocycles. The van der Waals surface area contributed by atoms with E-state index < -0.39 is 6.04 Å². The number of nitrogens with one attached hydrogen (secondary N) is 1. The van der Waals surface area contributed by atoms with E-state index in [0.29, 0.717) is 55.1 Å². The van der Waals surface area contributed by atoms with Gasteiger partial charge in [-0.3, -0.25) is 14.4 Å². The van der Waals surface area contributed by atoms with Crippen molar-refractivity contribution in [2.45, 2.75) is 38.6 Å². The SMILES string of the molecule is [2H]c1ccc2c(c1OCc1ccc(CN3CCOCC3=O)cc1)CN(C1CCC(=C)NC1=O)C2=O. The maximum Gasteiger partial charge on any atom is 0.255 e. The monoisotopic (exact) mass is 462 g/mol. The molecule has 176 valence electrons. The number of fused-ring (bicyclic) bond motifs is 1. The van der Waals surface area contributed by atoms with E-state index in [2.05, 4.69) is 11.9 Å². The average Bonchev–Trinajstić information content (AvgIpc) is 3.17. The van der Waals surface area contributed by atoms with Gasteiger partial charge < -0.3 is 24.6 Å². The Labute approximate surface area is 199 Å². The number of morpholine rings is 1. The largest absolute Gasteiger partial charge is 0.489 e. The summed E-state index contributed by atoms with van der Waals surface area (Å²) in [6.45, 7) is 6.06. The molecule has 5 rings (SSSR count). The van der Waals surface area contributed by atoms with Crippen molar-refractivity contribution in [1.82, 2.24) is 15.1 Å². The number of ether oxygens (including phenoxy) is 2. The number of carbonyl (C=O) groups is 3. The molecule has 0 radical (unpaired) electrons. The van der Waals surface area contributed by atoms with Crippen LogP contribution < -0.4 is 10.1 Å². The van der Waals surface area contributed by atoms with Gasteiger partial charge in [0.15, 0.2) is 0 Å². The summed E-state index contributed by atoms with van der Waals surface area (Å²) < 4.78 is 19.6. The van der Waals surface area contributed by atoms with Gasteiger partial charge in [0.2, 0.25) is 11.8 Å². The Balaban J connectivity index is 1.27. The van der Waals surface area contributed by atoms with Gasteiger partial charge in [-0.15, -0.1) is 0 Å². The van der Waals surface area contributed by atoms with Crippen molar-refractivity contribution in [3.8, 4) is 5.75 Å². The van der Waals surface area contributed by atoms with Gasteiger partial charge in [-0.1, -0.05) is 36.9 Å². The van der Waals surface area contributed by atoms with Crippen molar-refractivity contribution in [3.63, 3.8) is 0 Å². The van der Waals surface area contributed by atoms with E-state index in [9.17, 15) is 14.4 Å². The Morgan fingerprint density at radius 2 is 1.97 bits per heavy atom. The maximum absolute atomic E-state index is 13.1. The fourth-order valence-corrected chi connectivity index (χ4v) is 4.54. The lowest BCUT2D eigenvalue weighted by molar-refractivity contribution is -0.143. The Hall–Kier alpha value is -3.65. The number of amides is 3. The number of piperidine rings is 1. The summed E-state index contributed by atoms with van der Waals surface area (Å²) >= 11 is 0. The number of nitrogens with zero attached hydrogens (tertiary/aromatic N) is 2. The van der Waals surface area contributed by atoms with Gasteiger partial charge in [0.05, 0.1) is 14.5 Å². The highest BCUT2D eigenvalue weighted by atomic mass is 16.5. The van der Waals surface area contributed by atoms with Crippen molar-refractivity contribution in [2.24, 2.45) is 0 Å². The summed E-state index contributed by atoms with van der Waals surface area (Å²) in [5.74, 6) is -0.0971. The third-order valence-corrected chi connectivity index (χ3v) is 6.45. The van der Waals surface area contributed by atoms with Gasteiger partial charge in [0.25, 0.3) is 5.91 Å². The van der Waals surface area contributed by atoms with Crippen molar-refractivity contribution in [2.75, 3.05) is 19.8 Å². The minimum atomic E-state index is -0.562. The van der Waals surface area contributed by atoms with Gasteiger partial charge in [-0.2, -0.15) is 0 Å². The number of hydrogen-bond acceptors (Lipinski definition) is 5. The Morgan fingerprint density at radius 1 is 1.18 bits per heavy atom. The average molecular weight is 463 g/mol. The van der Waals surface area contributed by atoms with Crippen LogP contribution in [0.3, 0.4) is 0 Å². The van der Waals surface area contributed by atoms with E-state index >= 15 is 0 Å². The van der Waals surface area contributed by atoms with Crippen LogP contribution in [0.15, 0.2) is 54.7 Å². The lowest BCUT2D eigenvalue weighted by Gasteiger charge is -2.31. The molecule has 8 nitrogen and oxygen atoms in total. The van der Waals surface area contributed by atoms with Crippen molar-refractivity contribution in [1.29, 1.82) is 0 Å². The van der Waals surface area contributed by atoms with Crippen LogP contribution in [0.1, 0.15) is 41.3 Å². The van der Waals surface area contributed by atoms with Crippen LogP contribution in [-0.4, -0.2) is 53.3 Å². The molecule has 2 aromatic rings. The minimum Gasteiger partial charge on any atom is -0.489 e. The van der Waals surface area contributed by atoms with Gasteiger partial charge >= 0.3 is 0 Å². The van der Waals surface area contributed by atoms with Crippen LogP contribution >= 0.6 is 0 Å². The zero-order valence-electron chi connectivity index (χ0n) is 19.8. The summed E-state index contributed by atoms with van der Waals surface area (Å²) in [5.41, 5.74) is 3.70. The topological polar surface area (TPSA) is 88.2 Å². The standard InChI is InChI=1S/C26H27N3O5/c1-17-5-10-22(25(31)27-17)29-14-21-20(26(29)32)3-2-4-23(21)34-15-19-8-6-18(7-9-19)13-28-11-12-33-16-24(28)30/h2-4,6-9,22H,1,5,10-16H2,(H,27,31)/i4D. The fraction of sp³-hybridized carbons (Fsp3) is 0.346. The molecule has 0 bridgehead atoms. The molecule has 1 unspecified atom stereocenters. The van der Waals surface area contributed by atoms with E-state index in [0.717, 1.165) is 11.1 Å². The molecule has 1 N–H and O–H groups in total. The number of benzene rings is 2. The van der Waals surface area contributed by atoms with Gasteiger partial charge in [0.1, 0.15) is 25.0 Å². The van der Waals surface area contributed by atoms with E-state index in [-0.39, 0.29) is 43.5 Å². The molecule has 2 fully saturated rings. The molecule has 8 heteroatoms. The normalized spacial score (nSPS) is 20.8. The zero-order chi connectivity index (χ0) is 24.5. The van der Waals surface area contributed by atoms with E-state index in [1.807, 2.05) is 24.3 Å². The molecular formula is C26H27N3O5. The van der Waals surface area contributed by atoms with Gasteiger partial charge in [0, 0.05) is 29.9 Å². The molecule has 3 aliphatic rings. The predicted octanol–water partition coefficient (Wildman–Crippen LogP) is 2.37. The highest BCUT2D eigenvalue weighted by molar-refractivity contribution is 6.02. The molecule has 0 aliphatic carbocycles. The van der Waals surface area contributed by atoms with E-state index in [1.54, 1.807) is 21.9 Å². The quantitative estimate of drug-likeness (QED) is 0.712. The van der Waals surface area contributed by atoms with Crippen LogP contribution in [-0.2, 0) is 34.0 Å². The molecule has 1 atom stereocenters.